The Bertz CT molecular complexity index is 952. The SMILES string of the molecule is Cc1ccc(C(=O)CCC(=O)N2CCCC2c2ccc3c(c2)OCCCO3)cc1C. The van der Waals surface area contributed by atoms with Gasteiger partial charge in [-0.05, 0) is 61.6 Å². The van der Waals surface area contributed by atoms with Gasteiger partial charge in [-0.2, -0.15) is 0 Å². The van der Waals surface area contributed by atoms with Crippen molar-refractivity contribution in [3.8, 4) is 11.5 Å². The van der Waals surface area contributed by atoms with E-state index in [0.717, 1.165) is 54.0 Å². The summed E-state index contributed by atoms with van der Waals surface area (Å²) < 4.78 is 11.5. The lowest BCUT2D eigenvalue weighted by atomic mass is 10.0. The molecule has 2 heterocycles. The highest BCUT2D eigenvalue weighted by Gasteiger charge is 2.30. The first-order valence-corrected chi connectivity index (χ1v) is 10.8. The summed E-state index contributed by atoms with van der Waals surface area (Å²) in [4.78, 5) is 27.4. The van der Waals surface area contributed by atoms with Crippen LogP contribution < -0.4 is 9.47 Å². The molecule has 1 unspecified atom stereocenters. The molecule has 0 N–H and O–H groups in total. The standard InChI is InChI=1S/C25H29NO4/c1-17-6-7-20(15-18(17)2)22(27)9-11-25(28)26-12-3-5-21(26)19-8-10-23-24(16-19)30-14-4-13-29-23/h6-8,10,15-16,21H,3-5,9,11-14H2,1-2H3. The number of aryl methyl sites for hydroxylation is 2. The molecular formula is C25H29NO4. The molecule has 0 saturated carbocycles. The number of ketones is 1. The summed E-state index contributed by atoms with van der Waals surface area (Å²) >= 11 is 0. The van der Waals surface area contributed by atoms with Crippen LogP contribution in [-0.4, -0.2) is 36.3 Å². The molecule has 1 fully saturated rings. The zero-order valence-electron chi connectivity index (χ0n) is 17.8. The zero-order chi connectivity index (χ0) is 21.1. The van der Waals surface area contributed by atoms with Gasteiger partial charge >= 0.3 is 0 Å². The normalized spacial score (nSPS) is 18.2. The third-order valence-corrected chi connectivity index (χ3v) is 6.12. The van der Waals surface area contributed by atoms with Crippen LogP contribution in [0.5, 0.6) is 11.5 Å². The van der Waals surface area contributed by atoms with E-state index in [2.05, 4.69) is 0 Å². The van der Waals surface area contributed by atoms with Gasteiger partial charge in [0.15, 0.2) is 17.3 Å². The van der Waals surface area contributed by atoms with Gasteiger partial charge in [0, 0.05) is 31.4 Å². The first kappa shape index (κ1) is 20.5. The number of rotatable bonds is 5. The van der Waals surface area contributed by atoms with Gasteiger partial charge in [-0.1, -0.05) is 18.2 Å². The highest BCUT2D eigenvalue weighted by Crippen LogP contribution is 2.38. The van der Waals surface area contributed by atoms with Crippen molar-refractivity contribution < 1.29 is 19.1 Å². The molecule has 30 heavy (non-hydrogen) atoms. The highest BCUT2D eigenvalue weighted by atomic mass is 16.5. The Morgan fingerprint density at radius 1 is 0.933 bits per heavy atom. The summed E-state index contributed by atoms with van der Waals surface area (Å²) in [5, 5.41) is 0. The molecule has 2 aliphatic rings. The second-order valence-electron chi connectivity index (χ2n) is 8.22. The molecule has 0 bridgehead atoms. The van der Waals surface area contributed by atoms with Crippen LogP contribution in [0.3, 0.4) is 0 Å². The van der Waals surface area contributed by atoms with Crippen molar-refractivity contribution in [2.45, 2.75) is 52.0 Å². The monoisotopic (exact) mass is 407 g/mol. The number of benzene rings is 2. The number of hydrogen-bond donors (Lipinski definition) is 0. The molecule has 0 radical (unpaired) electrons. The third-order valence-electron chi connectivity index (χ3n) is 6.12. The van der Waals surface area contributed by atoms with Crippen LogP contribution in [-0.2, 0) is 4.79 Å². The van der Waals surface area contributed by atoms with E-state index in [1.807, 2.05) is 55.1 Å². The van der Waals surface area contributed by atoms with Crippen LogP contribution in [0.1, 0.15) is 65.2 Å². The second kappa shape index (κ2) is 8.90. The van der Waals surface area contributed by atoms with E-state index in [1.54, 1.807) is 0 Å². The van der Waals surface area contributed by atoms with Gasteiger partial charge in [0.05, 0.1) is 19.3 Å². The van der Waals surface area contributed by atoms with Crippen LogP contribution in [0, 0.1) is 13.8 Å². The van der Waals surface area contributed by atoms with Gasteiger partial charge in [-0.3, -0.25) is 9.59 Å². The Morgan fingerprint density at radius 3 is 2.53 bits per heavy atom. The lowest BCUT2D eigenvalue weighted by molar-refractivity contribution is -0.132. The van der Waals surface area contributed by atoms with E-state index in [9.17, 15) is 9.59 Å². The van der Waals surface area contributed by atoms with Crippen LogP contribution >= 0.6 is 0 Å². The quantitative estimate of drug-likeness (QED) is 0.669. The minimum atomic E-state index is 0.0257. The Hall–Kier alpha value is -2.82. The van der Waals surface area contributed by atoms with Crippen molar-refractivity contribution in [3.63, 3.8) is 0 Å². The van der Waals surface area contributed by atoms with Gasteiger partial charge in [0.2, 0.25) is 5.91 Å². The summed E-state index contributed by atoms with van der Waals surface area (Å²) in [6.45, 7) is 6.07. The molecule has 0 aromatic heterocycles. The lowest BCUT2D eigenvalue weighted by Gasteiger charge is -2.25. The molecule has 158 valence electrons. The van der Waals surface area contributed by atoms with Crippen LogP contribution in [0.4, 0.5) is 0 Å². The lowest BCUT2D eigenvalue weighted by Crippen LogP contribution is -2.30. The first-order chi connectivity index (χ1) is 14.5. The van der Waals surface area contributed by atoms with Gasteiger partial charge in [-0.25, -0.2) is 0 Å². The first-order valence-electron chi connectivity index (χ1n) is 10.8. The van der Waals surface area contributed by atoms with Crippen molar-refractivity contribution in [2.24, 2.45) is 0 Å². The maximum absolute atomic E-state index is 12.9. The predicted octanol–water partition coefficient (Wildman–Crippen LogP) is 4.79. The zero-order valence-corrected chi connectivity index (χ0v) is 17.8. The number of nitrogens with zero attached hydrogens (tertiary/aromatic N) is 1. The minimum Gasteiger partial charge on any atom is -0.490 e. The van der Waals surface area contributed by atoms with E-state index >= 15 is 0 Å². The summed E-state index contributed by atoms with van der Waals surface area (Å²) in [6.07, 6.45) is 3.25. The predicted molar refractivity (Wildman–Crippen MR) is 115 cm³/mol. The van der Waals surface area contributed by atoms with Gasteiger partial charge in [-0.15, -0.1) is 0 Å². The number of carbonyl (C=O) groups excluding carboxylic acids is 2. The Kier molecular flexibility index (Phi) is 6.07. The topological polar surface area (TPSA) is 55.8 Å². The molecule has 2 aliphatic heterocycles. The Morgan fingerprint density at radius 2 is 1.73 bits per heavy atom. The number of hydrogen-bond acceptors (Lipinski definition) is 4. The van der Waals surface area contributed by atoms with Crippen molar-refractivity contribution in [2.75, 3.05) is 19.8 Å². The summed E-state index contributed by atoms with van der Waals surface area (Å²) in [6, 6.07) is 11.8. The van der Waals surface area contributed by atoms with Crippen molar-refractivity contribution >= 4 is 11.7 Å². The van der Waals surface area contributed by atoms with Crippen molar-refractivity contribution in [3.05, 3.63) is 58.7 Å². The van der Waals surface area contributed by atoms with Crippen molar-refractivity contribution in [1.82, 2.24) is 4.90 Å². The Balaban J connectivity index is 1.42. The average Bonchev–Trinajstić information content (AvgIpc) is 3.12. The van der Waals surface area contributed by atoms with E-state index in [0.29, 0.717) is 18.8 Å². The molecule has 0 aliphatic carbocycles. The molecule has 4 rings (SSSR count). The fourth-order valence-corrected chi connectivity index (χ4v) is 4.22. The number of ether oxygens (including phenoxy) is 2. The smallest absolute Gasteiger partial charge is 0.223 e. The van der Waals surface area contributed by atoms with Crippen LogP contribution in [0.2, 0.25) is 0 Å². The summed E-state index contributed by atoms with van der Waals surface area (Å²) in [7, 11) is 0. The van der Waals surface area contributed by atoms with E-state index in [-0.39, 0.29) is 30.6 Å². The molecule has 0 spiro atoms. The van der Waals surface area contributed by atoms with E-state index < -0.39 is 0 Å². The highest BCUT2D eigenvalue weighted by molar-refractivity contribution is 5.98. The summed E-state index contributed by atoms with van der Waals surface area (Å²) in [5.74, 6) is 1.60. The largest absolute Gasteiger partial charge is 0.490 e. The van der Waals surface area contributed by atoms with Gasteiger partial charge < -0.3 is 14.4 Å². The molecular weight excluding hydrogens is 378 g/mol. The summed E-state index contributed by atoms with van der Waals surface area (Å²) in [5.41, 5.74) is 4.02. The van der Waals surface area contributed by atoms with Gasteiger partial charge in [0.1, 0.15) is 0 Å². The molecule has 2 aromatic carbocycles. The molecule has 2 aromatic rings. The van der Waals surface area contributed by atoms with Crippen molar-refractivity contribution in [1.29, 1.82) is 0 Å². The Labute approximate surface area is 178 Å². The number of fused-ring (bicyclic) bond motifs is 1. The molecule has 1 amide bonds. The van der Waals surface area contributed by atoms with E-state index in [4.69, 9.17) is 9.47 Å². The average molecular weight is 408 g/mol. The second-order valence-corrected chi connectivity index (χ2v) is 8.22. The molecule has 1 atom stereocenters. The van der Waals surface area contributed by atoms with Crippen LogP contribution in [0.25, 0.3) is 0 Å². The van der Waals surface area contributed by atoms with Gasteiger partial charge in [0.25, 0.3) is 0 Å². The number of carbonyl (C=O) groups is 2. The number of Topliss-reactive ketones (excluding diaryl/α,β-unsaturated/α-hetero) is 1. The molecule has 5 heteroatoms. The maximum atomic E-state index is 12.9. The number of amides is 1. The van der Waals surface area contributed by atoms with Crippen LogP contribution in [0.15, 0.2) is 36.4 Å². The maximum Gasteiger partial charge on any atom is 0.223 e. The number of likely N-dealkylation sites (tertiary alicyclic amines) is 1. The third kappa shape index (κ3) is 4.35. The fourth-order valence-electron chi connectivity index (χ4n) is 4.22. The van der Waals surface area contributed by atoms with E-state index in [1.165, 1.54) is 0 Å². The molecule has 5 nitrogen and oxygen atoms in total. The minimum absolute atomic E-state index is 0.0257. The molecule has 1 saturated heterocycles. The fraction of sp³-hybridized carbons (Fsp3) is 0.440.